The van der Waals surface area contributed by atoms with Crippen molar-refractivity contribution < 1.29 is 10.0 Å². The number of aromatic nitrogens is 1. The van der Waals surface area contributed by atoms with Crippen LogP contribution in [0.25, 0.3) is 10.9 Å². The van der Waals surface area contributed by atoms with E-state index in [-0.39, 0.29) is 5.39 Å². The van der Waals surface area contributed by atoms with Crippen molar-refractivity contribution in [1.82, 2.24) is 4.98 Å². The molecule has 0 atom stereocenters. The van der Waals surface area contributed by atoms with Crippen molar-refractivity contribution in [3.8, 4) is 5.75 Å². The minimum atomic E-state index is -0.904. The highest BCUT2D eigenvalue weighted by Crippen LogP contribution is 2.32. The van der Waals surface area contributed by atoms with Crippen LogP contribution in [0, 0.1) is 17.0 Å². The standard InChI is InChI=1S/C17H14N2O4/c1-10-7-12(9-11-5-3-2-4-6-11)14-13(8-10)16(20)15(19(22)23)17(21)18-14/h2-8H,9H2,1H3,(H2,18,20,21). The first-order chi connectivity index (χ1) is 11.0. The maximum Gasteiger partial charge on any atom is 0.375 e. The van der Waals surface area contributed by atoms with Gasteiger partial charge in [0.05, 0.1) is 10.4 Å². The van der Waals surface area contributed by atoms with E-state index < -0.39 is 21.9 Å². The van der Waals surface area contributed by atoms with Gasteiger partial charge in [0.15, 0.2) is 0 Å². The molecule has 0 fully saturated rings. The number of H-pyrrole nitrogens is 1. The summed E-state index contributed by atoms with van der Waals surface area (Å²) in [7, 11) is 0. The van der Waals surface area contributed by atoms with Crippen LogP contribution < -0.4 is 5.56 Å². The lowest BCUT2D eigenvalue weighted by Gasteiger charge is -2.10. The Hall–Kier alpha value is -3.15. The molecule has 0 radical (unpaired) electrons. The van der Waals surface area contributed by atoms with Crippen LogP contribution in [0.1, 0.15) is 16.7 Å². The number of pyridine rings is 1. The van der Waals surface area contributed by atoms with Crippen molar-refractivity contribution in [2.24, 2.45) is 0 Å². The second kappa shape index (κ2) is 5.57. The van der Waals surface area contributed by atoms with Crippen LogP contribution in [0.15, 0.2) is 47.3 Å². The van der Waals surface area contributed by atoms with Crippen molar-refractivity contribution in [3.63, 3.8) is 0 Å². The fourth-order valence-electron chi connectivity index (χ4n) is 2.73. The first-order valence-electron chi connectivity index (χ1n) is 7.04. The van der Waals surface area contributed by atoms with Crippen LogP contribution in [0.4, 0.5) is 5.69 Å². The van der Waals surface area contributed by atoms with Gasteiger partial charge in [0.2, 0.25) is 5.75 Å². The van der Waals surface area contributed by atoms with Crippen molar-refractivity contribution >= 4 is 16.6 Å². The lowest BCUT2D eigenvalue weighted by atomic mass is 9.99. The summed E-state index contributed by atoms with van der Waals surface area (Å²) in [5.74, 6) is -0.591. The molecule has 0 bridgehead atoms. The van der Waals surface area contributed by atoms with Crippen LogP contribution in [0.3, 0.4) is 0 Å². The van der Waals surface area contributed by atoms with Crippen molar-refractivity contribution in [1.29, 1.82) is 0 Å². The molecular weight excluding hydrogens is 296 g/mol. The van der Waals surface area contributed by atoms with E-state index in [0.717, 1.165) is 16.7 Å². The Morgan fingerprint density at radius 2 is 1.91 bits per heavy atom. The first kappa shape index (κ1) is 14.8. The third-order valence-electron chi connectivity index (χ3n) is 3.72. The van der Waals surface area contributed by atoms with E-state index in [1.807, 2.05) is 43.3 Å². The molecular formula is C17H14N2O4. The van der Waals surface area contributed by atoms with Crippen LogP contribution in [-0.2, 0) is 6.42 Å². The van der Waals surface area contributed by atoms with Gasteiger partial charge in [0.25, 0.3) is 0 Å². The van der Waals surface area contributed by atoms with Gasteiger partial charge in [-0.05, 0) is 36.1 Å². The van der Waals surface area contributed by atoms with Crippen molar-refractivity contribution in [2.45, 2.75) is 13.3 Å². The number of nitrogens with one attached hydrogen (secondary N) is 1. The number of aromatic amines is 1. The maximum atomic E-state index is 11.9. The fraction of sp³-hybridized carbons (Fsp3) is 0.118. The van der Waals surface area contributed by atoms with Crippen LogP contribution >= 0.6 is 0 Å². The number of benzene rings is 2. The van der Waals surface area contributed by atoms with Gasteiger partial charge >= 0.3 is 11.2 Å². The number of rotatable bonds is 3. The molecule has 3 aromatic rings. The maximum absolute atomic E-state index is 11.9. The number of aryl methyl sites for hydroxylation is 1. The fourth-order valence-corrected chi connectivity index (χ4v) is 2.73. The zero-order valence-corrected chi connectivity index (χ0v) is 12.4. The number of nitro groups is 1. The van der Waals surface area contributed by atoms with E-state index in [2.05, 4.69) is 4.98 Å². The number of aromatic hydroxyl groups is 1. The zero-order valence-electron chi connectivity index (χ0n) is 12.4. The third kappa shape index (κ3) is 2.66. The summed E-state index contributed by atoms with van der Waals surface area (Å²) in [6.45, 7) is 1.84. The molecule has 6 heteroatoms. The van der Waals surface area contributed by atoms with Gasteiger partial charge in [-0.1, -0.05) is 36.4 Å². The average Bonchev–Trinajstić information content (AvgIpc) is 2.49. The number of hydrogen-bond donors (Lipinski definition) is 2. The summed E-state index contributed by atoms with van der Waals surface area (Å²) in [6, 6.07) is 13.2. The van der Waals surface area contributed by atoms with Gasteiger partial charge < -0.3 is 10.1 Å². The molecule has 0 aliphatic heterocycles. The number of fused-ring (bicyclic) bond motifs is 1. The minimum Gasteiger partial charge on any atom is -0.501 e. The second-order valence-electron chi connectivity index (χ2n) is 5.42. The number of nitrogens with zero attached hydrogens (tertiary/aromatic N) is 1. The highest BCUT2D eigenvalue weighted by Gasteiger charge is 2.23. The molecule has 0 unspecified atom stereocenters. The molecule has 2 N–H and O–H groups in total. The predicted molar refractivity (Wildman–Crippen MR) is 86.9 cm³/mol. The van der Waals surface area contributed by atoms with E-state index in [9.17, 15) is 20.0 Å². The molecule has 0 saturated carbocycles. The molecule has 116 valence electrons. The monoisotopic (exact) mass is 310 g/mol. The van der Waals surface area contributed by atoms with Crippen molar-refractivity contribution in [3.05, 3.63) is 79.6 Å². The third-order valence-corrected chi connectivity index (χ3v) is 3.72. The Balaban J connectivity index is 2.27. The Kier molecular flexibility index (Phi) is 3.57. The molecule has 0 spiro atoms. The van der Waals surface area contributed by atoms with Gasteiger partial charge in [0.1, 0.15) is 0 Å². The molecule has 1 aromatic heterocycles. The van der Waals surface area contributed by atoms with E-state index in [0.29, 0.717) is 11.9 Å². The molecule has 3 rings (SSSR count). The smallest absolute Gasteiger partial charge is 0.375 e. The summed E-state index contributed by atoms with van der Waals surface area (Å²) < 4.78 is 0. The quantitative estimate of drug-likeness (QED) is 0.574. The molecule has 0 amide bonds. The lowest BCUT2D eigenvalue weighted by Crippen LogP contribution is -2.12. The predicted octanol–water partition coefficient (Wildman–Crippen LogP) is 3.04. The summed E-state index contributed by atoms with van der Waals surface area (Å²) >= 11 is 0. The first-order valence-corrected chi connectivity index (χ1v) is 7.04. The molecule has 1 heterocycles. The highest BCUT2D eigenvalue weighted by atomic mass is 16.6. The van der Waals surface area contributed by atoms with E-state index in [4.69, 9.17) is 0 Å². The molecule has 0 aliphatic carbocycles. The van der Waals surface area contributed by atoms with Gasteiger partial charge in [-0.25, -0.2) is 0 Å². The van der Waals surface area contributed by atoms with Crippen molar-refractivity contribution in [2.75, 3.05) is 0 Å². The normalized spacial score (nSPS) is 10.8. The lowest BCUT2D eigenvalue weighted by molar-refractivity contribution is -0.387. The van der Waals surface area contributed by atoms with Gasteiger partial charge in [-0.3, -0.25) is 14.9 Å². The summed E-state index contributed by atoms with van der Waals surface area (Å²) in [5, 5.41) is 21.4. The Morgan fingerprint density at radius 3 is 2.57 bits per heavy atom. The molecule has 0 saturated heterocycles. The molecule has 6 nitrogen and oxygen atoms in total. The zero-order chi connectivity index (χ0) is 16.6. The van der Waals surface area contributed by atoms with Gasteiger partial charge in [-0.2, -0.15) is 0 Å². The summed E-state index contributed by atoms with van der Waals surface area (Å²) in [6.07, 6.45) is 0.548. The largest absolute Gasteiger partial charge is 0.501 e. The Morgan fingerprint density at radius 1 is 1.22 bits per heavy atom. The SMILES string of the molecule is Cc1cc(Cc2ccccc2)c2[nH]c(=O)c([N+](=O)[O-])c(O)c2c1. The second-order valence-corrected chi connectivity index (χ2v) is 5.42. The molecule has 2 aromatic carbocycles. The van der Waals surface area contributed by atoms with Gasteiger partial charge in [-0.15, -0.1) is 0 Å². The Labute approximate surface area is 131 Å². The van der Waals surface area contributed by atoms with Gasteiger partial charge in [0, 0.05) is 5.39 Å². The molecule has 0 aliphatic rings. The average molecular weight is 310 g/mol. The van der Waals surface area contributed by atoms with E-state index >= 15 is 0 Å². The van der Waals surface area contributed by atoms with Crippen LogP contribution in [-0.4, -0.2) is 15.0 Å². The minimum absolute atomic E-state index is 0.280. The highest BCUT2D eigenvalue weighted by molar-refractivity contribution is 5.91. The summed E-state index contributed by atoms with van der Waals surface area (Å²) in [4.78, 5) is 24.6. The van der Waals surface area contributed by atoms with Crippen LogP contribution in [0.2, 0.25) is 0 Å². The summed E-state index contributed by atoms with van der Waals surface area (Å²) in [5.41, 5.74) is 1.38. The Bertz CT molecular complexity index is 962. The van der Waals surface area contributed by atoms with Crippen LogP contribution in [0.5, 0.6) is 5.75 Å². The molecule has 23 heavy (non-hydrogen) atoms. The topological polar surface area (TPSA) is 96.2 Å². The number of hydrogen-bond acceptors (Lipinski definition) is 4. The van der Waals surface area contributed by atoms with E-state index in [1.54, 1.807) is 6.07 Å². The van der Waals surface area contributed by atoms with E-state index in [1.165, 1.54) is 0 Å².